The van der Waals surface area contributed by atoms with Crippen LogP contribution in [0, 0.1) is 11.8 Å². The van der Waals surface area contributed by atoms with Gasteiger partial charge in [0.05, 0.1) is 4.88 Å². The molecule has 0 spiro atoms. The summed E-state index contributed by atoms with van der Waals surface area (Å²) in [6, 6.07) is 2.05. The smallest absolute Gasteiger partial charge is 0.263 e. The Morgan fingerprint density at radius 2 is 2.04 bits per heavy atom. The van der Waals surface area contributed by atoms with Crippen molar-refractivity contribution in [3.63, 3.8) is 0 Å². The van der Waals surface area contributed by atoms with Crippen LogP contribution in [-0.4, -0.2) is 36.3 Å². The minimum atomic E-state index is 0.0591. The highest BCUT2D eigenvalue weighted by Gasteiger charge is 2.28. The summed E-state index contributed by atoms with van der Waals surface area (Å²) >= 11 is 1.65. The Bertz CT molecular complexity index is 603. The number of aryl methyl sites for hydroxylation is 1. The van der Waals surface area contributed by atoms with E-state index >= 15 is 0 Å². The Hall–Kier alpha value is -1.36. The van der Waals surface area contributed by atoms with Gasteiger partial charge in [0.25, 0.3) is 5.91 Å². The highest BCUT2D eigenvalue weighted by Crippen LogP contribution is 2.33. The first-order chi connectivity index (χ1) is 11.5. The van der Waals surface area contributed by atoms with Gasteiger partial charge in [0.15, 0.2) is 0 Å². The van der Waals surface area contributed by atoms with E-state index in [1.807, 2.05) is 4.90 Å². The van der Waals surface area contributed by atoms with Gasteiger partial charge in [-0.15, -0.1) is 11.3 Å². The van der Waals surface area contributed by atoms with E-state index in [0.29, 0.717) is 5.92 Å². The molecule has 1 aromatic heterocycles. The van der Waals surface area contributed by atoms with E-state index < -0.39 is 0 Å². The van der Waals surface area contributed by atoms with E-state index in [4.69, 9.17) is 0 Å². The number of fused-ring (bicyclic) bond motifs is 1. The number of thiophene rings is 1. The molecule has 1 aliphatic heterocycles. The normalized spacial score (nSPS) is 20.8. The van der Waals surface area contributed by atoms with E-state index in [-0.39, 0.29) is 17.7 Å². The van der Waals surface area contributed by atoms with Crippen molar-refractivity contribution in [2.45, 2.75) is 52.4 Å². The zero-order valence-corrected chi connectivity index (χ0v) is 15.6. The summed E-state index contributed by atoms with van der Waals surface area (Å²) in [5.74, 6) is 0.895. The second kappa shape index (κ2) is 7.68. The van der Waals surface area contributed by atoms with Crippen molar-refractivity contribution in [1.29, 1.82) is 0 Å². The van der Waals surface area contributed by atoms with Crippen molar-refractivity contribution < 1.29 is 9.59 Å². The van der Waals surface area contributed by atoms with Gasteiger partial charge >= 0.3 is 0 Å². The van der Waals surface area contributed by atoms with Crippen LogP contribution in [0.15, 0.2) is 6.07 Å². The largest absolute Gasteiger partial charge is 0.356 e. The fraction of sp³-hybridized carbons (Fsp3) is 0.684. The second-order valence-corrected chi connectivity index (χ2v) is 8.63. The van der Waals surface area contributed by atoms with Crippen molar-refractivity contribution in [1.82, 2.24) is 10.2 Å². The molecule has 0 radical (unpaired) electrons. The lowest BCUT2D eigenvalue weighted by atomic mass is 9.87. The monoisotopic (exact) mass is 348 g/mol. The molecule has 1 N–H and O–H groups in total. The number of rotatable bonds is 4. The Morgan fingerprint density at radius 1 is 1.29 bits per heavy atom. The van der Waals surface area contributed by atoms with Crippen molar-refractivity contribution in [2.24, 2.45) is 11.8 Å². The maximum absolute atomic E-state index is 12.7. The predicted octanol–water partition coefficient (Wildman–Crippen LogP) is 3.25. The molecule has 3 rings (SSSR count). The minimum absolute atomic E-state index is 0.0591. The van der Waals surface area contributed by atoms with Gasteiger partial charge in [-0.2, -0.15) is 0 Å². The second-order valence-electron chi connectivity index (χ2n) is 7.49. The van der Waals surface area contributed by atoms with Gasteiger partial charge in [0.2, 0.25) is 5.91 Å². The SMILES string of the molecule is CC(C)CNC(=O)C1CCc2sc(C(=O)N3CCCCC3)cc2C1. The minimum Gasteiger partial charge on any atom is -0.356 e. The molecular formula is C19H28N2O2S. The predicted molar refractivity (Wildman–Crippen MR) is 97.4 cm³/mol. The molecule has 4 nitrogen and oxygen atoms in total. The fourth-order valence-corrected chi connectivity index (χ4v) is 4.73. The summed E-state index contributed by atoms with van der Waals surface area (Å²) in [5.41, 5.74) is 1.22. The molecule has 2 amide bonds. The van der Waals surface area contributed by atoms with Crippen LogP contribution in [0.4, 0.5) is 0 Å². The summed E-state index contributed by atoms with van der Waals surface area (Å²) in [7, 11) is 0. The van der Waals surface area contributed by atoms with Crippen molar-refractivity contribution in [3.05, 3.63) is 21.4 Å². The molecule has 24 heavy (non-hydrogen) atoms. The maximum Gasteiger partial charge on any atom is 0.263 e. The number of nitrogens with zero attached hydrogens (tertiary/aromatic N) is 1. The fourth-order valence-electron chi connectivity index (χ4n) is 3.55. The van der Waals surface area contributed by atoms with Crippen LogP contribution in [0.2, 0.25) is 0 Å². The Balaban J connectivity index is 1.64. The van der Waals surface area contributed by atoms with Crippen molar-refractivity contribution in [3.8, 4) is 0 Å². The summed E-state index contributed by atoms with van der Waals surface area (Å²) in [6.45, 7) is 6.74. The van der Waals surface area contributed by atoms with Crippen LogP contribution in [-0.2, 0) is 17.6 Å². The van der Waals surface area contributed by atoms with E-state index in [1.54, 1.807) is 11.3 Å². The van der Waals surface area contributed by atoms with Gasteiger partial charge in [-0.3, -0.25) is 9.59 Å². The number of carbonyl (C=O) groups is 2. The average molecular weight is 349 g/mol. The van der Waals surface area contributed by atoms with Gasteiger partial charge in [-0.05, 0) is 56.1 Å². The number of piperidine rings is 1. The molecular weight excluding hydrogens is 320 g/mol. The molecule has 1 aromatic rings. The molecule has 0 aromatic carbocycles. The molecule has 0 bridgehead atoms. The van der Waals surface area contributed by atoms with Gasteiger partial charge in [-0.1, -0.05) is 13.8 Å². The quantitative estimate of drug-likeness (QED) is 0.908. The molecule has 2 heterocycles. The average Bonchev–Trinajstić information content (AvgIpc) is 3.02. The standard InChI is InChI=1S/C19H28N2O2S/c1-13(2)12-20-18(22)14-6-7-16-15(10-14)11-17(24-16)19(23)21-8-4-3-5-9-21/h11,13-14H,3-10,12H2,1-2H3,(H,20,22). The molecule has 1 unspecified atom stereocenters. The molecule has 0 saturated carbocycles. The van der Waals surface area contributed by atoms with Crippen LogP contribution >= 0.6 is 11.3 Å². The van der Waals surface area contributed by atoms with E-state index in [9.17, 15) is 9.59 Å². The first-order valence-corrected chi connectivity index (χ1v) is 10.0. The molecule has 1 aliphatic carbocycles. The van der Waals surface area contributed by atoms with E-state index in [0.717, 1.165) is 56.6 Å². The highest BCUT2D eigenvalue weighted by atomic mass is 32.1. The number of nitrogens with one attached hydrogen (secondary N) is 1. The number of likely N-dealkylation sites (tertiary alicyclic amines) is 1. The van der Waals surface area contributed by atoms with Crippen LogP contribution in [0.1, 0.15) is 59.6 Å². The van der Waals surface area contributed by atoms with Crippen LogP contribution in [0.25, 0.3) is 0 Å². The lowest BCUT2D eigenvalue weighted by molar-refractivity contribution is -0.125. The van der Waals surface area contributed by atoms with Gasteiger partial charge < -0.3 is 10.2 Å². The highest BCUT2D eigenvalue weighted by molar-refractivity contribution is 7.14. The first kappa shape index (κ1) is 17.5. The zero-order chi connectivity index (χ0) is 17.1. The Morgan fingerprint density at radius 3 is 2.75 bits per heavy atom. The van der Waals surface area contributed by atoms with E-state index in [2.05, 4.69) is 25.2 Å². The number of hydrogen-bond acceptors (Lipinski definition) is 3. The summed E-state index contributed by atoms with van der Waals surface area (Å²) in [6.07, 6.45) is 6.08. The first-order valence-electron chi connectivity index (χ1n) is 9.23. The summed E-state index contributed by atoms with van der Waals surface area (Å²) < 4.78 is 0. The number of carbonyl (C=O) groups excluding carboxylic acids is 2. The van der Waals surface area contributed by atoms with Crippen LogP contribution in [0.5, 0.6) is 0 Å². The third-order valence-corrected chi connectivity index (χ3v) is 6.22. The third kappa shape index (κ3) is 4.00. The van der Waals surface area contributed by atoms with Crippen molar-refractivity contribution in [2.75, 3.05) is 19.6 Å². The van der Waals surface area contributed by atoms with Gasteiger partial charge in [0.1, 0.15) is 0 Å². The molecule has 1 saturated heterocycles. The topological polar surface area (TPSA) is 49.4 Å². The maximum atomic E-state index is 12.7. The third-order valence-electron chi connectivity index (χ3n) is 4.99. The Kier molecular flexibility index (Phi) is 5.59. The molecule has 2 aliphatic rings. The molecule has 1 atom stereocenters. The lowest BCUT2D eigenvalue weighted by Gasteiger charge is -2.26. The van der Waals surface area contributed by atoms with Crippen LogP contribution in [0.3, 0.4) is 0 Å². The van der Waals surface area contributed by atoms with Gasteiger partial charge in [-0.25, -0.2) is 0 Å². The number of amides is 2. The molecule has 5 heteroatoms. The van der Waals surface area contributed by atoms with Gasteiger partial charge in [0, 0.05) is 30.4 Å². The zero-order valence-electron chi connectivity index (χ0n) is 14.8. The van der Waals surface area contributed by atoms with Crippen molar-refractivity contribution >= 4 is 23.2 Å². The number of hydrogen-bond donors (Lipinski definition) is 1. The lowest BCUT2D eigenvalue weighted by Crippen LogP contribution is -2.35. The molecule has 1 fully saturated rings. The summed E-state index contributed by atoms with van der Waals surface area (Å²) in [5, 5.41) is 3.05. The van der Waals surface area contributed by atoms with Crippen LogP contribution < -0.4 is 5.32 Å². The molecule has 132 valence electrons. The Labute approximate surface area is 148 Å². The summed E-state index contributed by atoms with van der Waals surface area (Å²) in [4.78, 5) is 29.2. The van der Waals surface area contributed by atoms with E-state index in [1.165, 1.54) is 16.9 Å².